The molecule has 0 unspecified atom stereocenters. The van der Waals surface area contributed by atoms with Gasteiger partial charge in [-0.2, -0.15) is 0 Å². The van der Waals surface area contributed by atoms with E-state index in [4.69, 9.17) is 46.5 Å². The van der Waals surface area contributed by atoms with E-state index in [2.05, 4.69) is 5.32 Å². The SMILES string of the molecule is [3H]C([3H])([3H])C(=O)N[C@H]1[C@@H](OP(=O)(O)O)O[C@H](COC(C)=O)[C@@H](OC(C)=O)[C@@H]1O[C@@H]1O[C@H](COC(C)=O)[C@@H](OC(C)=O)[C@H](OC(C)=O)[C@H]1NC(C)=O. The van der Waals surface area contributed by atoms with Crippen LogP contribution in [0.4, 0.5) is 0 Å². The first-order valence-corrected chi connectivity index (χ1v) is 15.5. The first-order chi connectivity index (χ1) is 23.4. The van der Waals surface area contributed by atoms with Gasteiger partial charge in [0, 0.05) is 52.5 Å². The van der Waals surface area contributed by atoms with Crippen molar-refractivity contribution >= 4 is 49.5 Å². The zero-order chi connectivity index (χ0) is 39.0. The molecule has 0 saturated carbocycles. The fraction of sp³-hybridized carbons (Fsp3) is 0.731. The molecule has 272 valence electrons. The Labute approximate surface area is 277 Å². The van der Waals surface area contributed by atoms with E-state index in [1.54, 1.807) is 0 Å². The Morgan fingerprint density at radius 2 is 1.06 bits per heavy atom. The van der Waals surface area contributed by atoms with Crippen LogP contribution in [0.2, 0.25) is 0 Å². The molecule has 22 heteroatoms. The lowest BCUT2D eigenvalue weighted by Gasteiger charge is -2.49. The lowest BCUT2D eigenvalue weighted by molar-refractivity contribution is -0.324. The molecule has 0 aromatic heterocycles. The van der Waals surface area contributed by atoms with E-state index in [9.17, 15) is 47.9 Å². The van der Waals surface area contributed by atoms with Crippen LogP contribution in [-0.4, -0.2) is 126 Å². The Balaban J connectivity index is 2.86. The largest absolute Gasteiger partial charge is 0.472 e. The zero-order valence-corrected chi connectivity index (χ0v) is 27.4. The Morgan fingerprint density at radius 3 is 1.48 bits per heavy atom. The van der Waals surface area contributed by atoms with E-state index in [1.807, 2.05) is 5.32 Å². The molecule has 2 aliphatic rings. The van der Waals surface area contributed by atoms with Gasteiger partial charge in [-0.25, -0.2) is 4.57 Å². The number of esters is 5. The second-order valence-electron chi connectivity index (χ2n) is 10.3. The monoisotopic (exact) mass is 720 g/mol. The van der Waals surface area contributed by atoms with Gasteiger partial charge < -0.3 is 58.3 Å². The lowest BCUT2D eigenvalue weighted by Crippen LogP contribution is -2.71. The molecule has 2 heterocycles. The number of ether oxygens (including phenoxy) is 8. The number of carbonyl (C=O) groups excluding carboxylic acids is 7. The molecule has 48 heavy (non-hydrogen) atoms. The molecule has 0 spiro atoms. The Morgan fingerprint density at radius 1 is 0.646 bits per heavy atom. The third-order valence-corrected chi connectivity index (χ3v) is 6.78. The molecule has 4 N–H and O–H groups in total. The minimum atomic E-state index is -5.57. The van der Waals surface area contributed by atoms with E-state index < -0.39 is 131 Å². The van der Waals surface area contributed by atoms with Crippen LogP contribution in [-0.2, 0) is 80.5 Å². The Kier molecular flexibility index (Phi) is 13.1. The van der Waals surface area contributed by atoms with Crippen LogP contribution in [0.25, 0.3) is 0 Å². The molecule has 2 rings (SSSR count). The number of phosphoric acid groups is 1. The normalized spacial score (nSPS) is 31.4. The first kappa shape index (κ1) is 35.6. The van der Waals surface area contributed by atoms with Gasteiger partial charge in [0.25, 0.3) is 0 Å². The van der Waals surface area contributed by atoms with E-state index in [1.165, 1.54) is 0 Å². The Bertz CT molecular complexity index is 1380. The maximum Gasteiger partial charge on any atom is 0.472 e. The molecule has 0 radical (unpaired) electrons. The Hall–Kier alpha value is -3.72. The van der Waals surface area contributed by atoms with Crippen LogP contribution >= 0.6 is 7.82 Å². The van der Waals surface area contributed by atoms with Crippen LogP contribution < -0.4 is 10.6 Å². The fourth-order valence-corrected chi connectivity index (χ4v) is 5.28. The summed E-state index contributed by atoms with van der Waals surface area (Å²) in [5.41, 5.74) is 0. The van der Waals surface area contributed by atoms with Crippen LogP contribution in [0.5, 0.6) is 0 Å². The molecule has 10 atom stereocenters. The summed E-state index contributed by atoms with van der Waals surface area (Å²) < 4.78 is 83.0. The number of hydrogen-bond acceptors (Lipinski definition) is 17. The van der Waals surface area contributed by atoms with Crippen molar-refractivity contribution in [2.45, 2.75) is 110 Å². The molecule has 2 saturated heterocycles. The third kappa shape index (κ3) is 12.7. The summed E-state index contributed by atoms with van der Waals surface area (Å²) in [5.74, 6) is -7.30. The van der Waals surface area contributed by atoms with Crippen molar-refractivity contribution in [2.24, 2.45) is 0 Å². The van der Waals surface area contributed by atoms with Crippen molar-refractivity contribution in [1.82, 2.24) is 10.6 Å². The molecule has 0 aromatic rings. The standard InChI is InChI=1S/C26H39N2O19P/c1-10(29)27-19-23(43-16(7)35)21(41-14(5)33)17(8-39-12(3)31)44-25(19)46-24-20(28-11(2)30)26(47-48(36,37)38)45-18(9-40-13(4)32)22(24)42-15(6)34/h17-26H,8-9H2,1-7H3,(H,27,29)(H,28,30)(H2,36,37,38)/t17-,18-,19-,20-,21-,22-,23-,24-,25+,26-/m1/s1/i2T3. The summed E-state index contributed by atoms with van der Waals surface area (Å²) in [4.78, 5) is 105. The number of amides is 2. The fourth-order valence-electron chi connectivity index (χ4n) is 4.82. The number of nitrogens with one attached hydrogen (secondary N) is 2. The van der Waals surface area contributed by atoms with Crippen molar-refractivity contribution in [1.29, 1.82) is 0 Å². The van der Waals surface area contributed by atoms with Crippen molar-refractivity contribution < 1.29 is 94.4 Å². The minimum absolute atomic E-state index is 0.697. The molecule has 2 aliphatic heterocycles. The van der Waals surface area contributed by atoms with Gasteiger partial charge in [-0.3, -0.25) is 38.1 Å². The number of hydrogen-bond donors (Lipinski definition) is 4. The van der Waals surface area contributed by atoms with Gasteiger partial charge in [-0.05, 0) is 0 Å². The smallest absolute Gasteiger partial charge is 0.463 e. The minimum Gasteiger partial charge on any atom is -0.463 e. The molecule has 0 aliphatic carbocycles. The summed E-state index contributed by atoms with van der Waals surface area (Å²) >= 11 is 0. The van der Waals surface area contributed by atoms with Gasteiger partial charge in [-0.15, -0.1) is 0 Å². The van der Waals surface area contributed by atoms with Crippen molar-refractivity contribution in [3.8, 4) is 0 Å². The van der Waals surface area contributed by atoms with Crippen molar-refractivity contribution in [3.05, 3.63) is 0 Å². The third-order valence-electron chi connectivity index (χ3n) is 6.30. The van der Waals surface area contributed by atoms with Gasteiger partial charge in [0.15, 0.2) is 30.9 Å². The number of rotatable bonds is 13. The first-order valence-electron chi connectivity index (χ1n) is 15.5. The average Bonchev–Trinajstić information content (AvgIpc) is 2.94. The number of phosphoric ester groups is 1. The molecule has 2 amide bonds. The molecule has 0 bridgehead atoms. The zero-order valence-electron chi connectivity index (χ0n) is 29.5. The summed E-state index contributed by atoms with van der Waals surface area (Å²) in [7, 11) is -5.57. The highest BCUT2D eigenvalue weighted by Crippen LogP contribution is 2.42. The van der Waals surface area contributed by atoms with Crippen LogP contribution in [0.15, 0.2) is 0 Å². The van der Waals surface area contributed by atoms with E-state index >= 15 is 0 Å². The van der Waals surface area contributed by atoms with Crippen LogP contribution in [0.3, 0.4) is 0 Å². The van der Waals surface area contributed by atoms with Gasteiger partial charge in [-0.1, -0.05) is 0 Å². The van der Waals surface area contributed by atoms with Crippen molar-refractivity contribution in [2.75, 3.05) is 13.2 Å². The number of carbonyl (C=O) groups is 7. The van der Waals surface area contributed by atoms with E-state index in [-0.39, 0.29) is 0 Å². The highest BCUT2D eigenvalue weighted by molar-refractivity contribution is 7.46. The van der Waals surface area contributed by atoms with E-state index in [0.717, 1.165) is 41.5 Å². The highest BCUT2D eigenvalue weighted by atomic mass is 31.2. The quantitative estimate of drug-likeness (QED) is 0.0897. The summed E-state index contributed by atoms with van der Waals surface area (Å²) in [6, 6.07) is -3.81. The highest BCUT2D eigenvalue weighted by Gasteiger charge is 2.57. The van der Waals surface area contributed by atoms with Gasteiger partial charge in [0.1, 0.15) is 43.6 Å². The second-order valence-corrected chi connectivity index (χ2v) is 11.5. The van der Waals surface area contributed by atoms with Crippen molar-refractivity contribution in [3.63, 3.8) is 0 Å². The topological polar surface area (TPSA) is 284 Å². The average molecular weight is 721 g/mol. The lowest BCUT2D eigenvalue weighted by atomic mass is 9.94. The molecule has 0 aromatic carbocycles. The molecular weight excluding hydrogens is 675 g/mol. The van der Waals surface area contributed by atoms with Gasteiger partial charge in [0.05, 0.1) is 0 Å². The summed E-state index contributed by atoms with van der Waals surface area (Å²) in [6.45, 7) is 0.950. The predicted octanol–water partition coefficient (Wildman–Crippen LogP) is -2.14. The maximum absolute atomic E-state index is 12.8. The second kappa shape index (κ2) is 17.6. The van der Waals surface area contributed by atoms with E-state index in [0.29, 0.717) is 0 Å². The predicted molar refractivity (Wildman–Crippen MR) is 150 cm³/mol. The van der Waals surface area contributed by atoms with Crippen LogP contribution in [0.1, 0.15) is 52.5 Å². The molecular formula is C26H39N2O19P. The molecule has 21 nitrogen and oxygen atoms in total. The van der Waals surface area contributed by atoms with Gasteiger partial charge >= 0.3 is 37.7 Å². The summed E-state index contributed by atoms with van der Waals surface area (Å²) in [6.07, 6.45) is -14.8. The maximum atomic E-state index is 12.8. The summed E-state index contributed by atoms with van der Waals surface area (Å²) in [5, 5.41) is 4.35. The van der Waals surface area contributed by atoms with Gasteiger partial charge in [0.2, 0.25) is 11.8 Å². The molecule has 2 fully saturated rings. The van der Waals surface area contributed by atoms with Crippen LogP contribution in [0, 0.1) is 0 Å².